The van der Waals surface area contributed by atoms with Crippen molar-refractivity contribution in [2.75, 3.05) is 0 Å². The first-order chi connectivity index (χ1) is 9.84. The van der Waals surface area contributed by atoms with Crippen LogP contribution in [0.5, 0.6) is 0 Å². The smallest absolute Gasteiger partial charge is 0.259 e. The lowest BCUT2D eigenvalue weighted by Gasteiger charge is -2.09. The Hall–Kier alpha value is -1.69. The first-order valence-corrected chi connectivity index (χ1v) is 7.59. The topological polar surface area (TPSA) is 17.1 Å². The standard InChI is InChI=1S/C15H12F4OS/c16-14-6-2-4-12(8-14)10-21(20)9-11-3-1-5-13(7-11)15(17,18)19/h1-8H,9-10H2. The quantitative estimate of drug-likeness (QED) is 0.769. The third kappa shape index (κ3) is 4.67. The highest BCUT2D eigenvalue weighted by molar-refractivity contribution is 7.83. The zero-order valence-electron chi connectivity index (χ0n) is 10.9. The van der Waals surface area contributed by atoms with Crippen LogP contribution < -0.4 is 0 Å². The minimum absolute atomic E-state index is 0.000430. The van der Waals surface area contributed by atoms with Crippen LogP contribution in [-0.4, -0.2) is 4.21 Å². The van der Waals surface area contributed by atoms with E-state index in [9.17, 15) is 21.8 Å². The highest BCUT2D eigenvalue weighted by atomic mass is 32.2. The van der Waals surface area contributed by atoms with Gasteiger partial charge in [0.25, 0.3) is 0 Å². The monoisotopic (exact) mass is 316 g/mol. The number of benzene rings is 2. The van der Waals surface area contributed by atoms with Gasteiger partial charge in [-0.05, 0) is 29.3 Å². The summed E-state index contributed by atoms with van der Waals surface area (Å²) in [5.41, 5.74) is 0.141. The van der Waals surface area contributed by atoms with Crippen LogP contribution in [0.25, 0.3) is 0 Å². The summed E-state index contributed by atoms with van der Waals surface area (Å²) in [6.07, 6.45) is -4.42. The zero-order chi connectivity index (χ0) is 15.5. The number of alkyl halides is 3. The second kappa shape index (κ2) is 6.39. The van der Waals surface area contributed by atoms with Gasteiger partial charge in [-0.25, -0.2) is 4.39 Å². The molecule has 0 heterocycles. The molecule has 0 fully saturated rings. The fraction of sp³-hybridized carbons (Fsp3) is 0.200. The highest BCUT2D eigenvalue weighted by Crippen LogP contribution is 2.29. The van der Waals surface area contributed by atoms with Crippen LogP contribution in [0.2, 0.25) is 0 Å². The summed E-state index contributed by atoms with van der Waals surface area (Å²) in [4.78, 5) is 0. The van der Waals surface area contributed by atoms with Crippen molar-refractivity contribution < 1.29 is 21.8 Å². The van der Waals surface area contributed by atoms with Gasteiger partial charge in [-0.15, -0.1) is 0 Å². The molecule has 1 atom stereocenters. The van der Waals surface area contributed by atoms with E-state index in [-0.39, 0.29) is 11.5 Å². The molecular formula is C15H12F4OS. The summed E-state index contributed by atoms with van der Waals surface area (Å²) in [5, 5.41) is 0. The van der Waals surface area contributed by atoms with Crippen molar-refractivity contribution in [3.63, 3.8) is 0 Å². The Bertz CT molecular complexity index is 652. The normalized spacial score (nSPS) is 13.1. The first kappa shape index (κ1) is 15.7. The van der Waals surface area contributed by atoms with E-state index in [0.29, 0.717) is 11.1 Å². The molecule has 1 unspecified atom stereocenters. The lowest BCUT2D eigenvalue weighted by atomic mass is 10.1. The van der Waals surface area contributed by atoms with Crippen LogP contribution in [-0.2, 0) is 28.5 Å². The average Bonchev–Trinajstić information content (AvgIpc) is 2.37. The second-order valence-corrected chi connectivity index (χ2v) is 6.01. The molecule has 2 rings (SSSR count). The van der Waals surface area contributed by atoms with Gasteiger partial charge in [-0.3, -0.25) is 4.21 Å². The van der Waals surface area contributed by atoms with Gasteiger partial charge < -0.3 is 0 Å². The van der Waals surface area contributed by atoms with Gasteiger partial charge >= 0.3 is 6.18 Å². The van der Waals surface area contributed by atoms with Crippen LogP contribution in [0.3, 0.4) is 0 Å². The molecule has 0 aliphatic rings. The van der Waals surface area contributed by atoms with E-state index in [0.717, 1.165) is 12.1 Å². The van der Waals surface area contributed by atoms with Crippen LogP contribution in [0.1, 0.15) is 16.7 Å². The molecule has 0 N–H and O–H groups in total. The van der Waals surface area contributed by atoms with E-state index in [1.807, 2.05) is 0 Å². The Morgan fingerprint density at radius 2 is 1.48 bits per heavy atom. The lowest BCUT2D eigenvalue weighted by Crippen LogP contribution is -2.06. The van der Waals surface area contributed by atoms with Crippen LogP contribution in [0, 0.1) is 5.82 Å². The maximum atomic E-state index is 13.0. The molecule has 0 aromatic heterocycles. The molecule has 0 bridgehead atoms. The number of rotatable bonds is 4. The fourth-order valence-electron chi connectivity index (χ4n) is 1.89. The summed E-state index contributed by atoms with van der Waals surface area (Å²) in [7, 11) is -1.40. The third-order valence-electron chi connectivity index (χ3n) is 2.80. The van der Waals surface area contributed by atoms with E-state index in [1.165, 1.54) is 30.3 Å². The molecule has 0 amide bonds. The summed E-state index contributed by atoms with van der Waals surface area (Å²) >= 11 is 0. The summed E-state index contributed by atoms with van der Waals surface area (Å²) in [5.74, 6) is -0.322. The maximum Gasteiger partial charge on any atom is 0.416 e. The number of hydrogen-bond acceptors (Lipinski definition) is 1. The minimum Gasteiger partial charge on any atom is -0.259 e. The average molecular weight is 316 g/mol. The Morgan fingerprint density at radius 1 is 0.905 bits per heavy atom. The van der Waals surface area contributed by atoms with Gasteiger partial charge in [-0.2, -0.15) is 13.2 Å². The van der Waals surface area contributed by atoms with Crippen molar-refractivity contribution in [3.8, 4) is 0 Å². The predicted octanol–water partition coefficient (Wildman–Crippen LogP) is 4.29. The molecule has 0 aliphatic heterocycles. The van der Waals surface area contributed by atoms with Crippen molar-refractivity contribution in [1.29, 1.82) is 0 Å². The van der Waals surface area contributed by atoms with Crippen molar-refractivity contribution in [1.82, 2.24) is 0 Å². The number of halogens is 4. The van der Waals surface area contributed by atoms with Crippen LogP contribution >= 0.6 is 0 Å². The predicted molar refractivity (Wildman–Crippen MR) is 73.4 cm³/mol. The Labute approximate surface area is 122 Å². The highest BCUT2D eigenvalue weighted by Gasteiger charge is 2.30. The molecule has 0 aliphatic carbocycles. The molecular weight excluding hydrogens is 304 g/mol. The molecule has 2 aromatic rings. The molecule has 2 aromatic carbocycles. The Balaban J connectivity index is 2.06. The molecule has 0 saturated heterocycles. The summed E-state index contributed by atoms with van der Waals surface area (Å²) in [6.45, 7) is 0. The van der Waals surface area contributed by atoms with Crippen molar-refractivity contribution in [3.05, 3.63) is 71.0 Å². The van der Waals surface area contributed by atoms with E-state index in [1.54, 1.807) is 6.07 Å². The molecule has 0 saturated carbocycles. The van der Waals surface area contributed by atoms with Crippen LogP contribution in [0.4, 0.5) is 17.6 Å². The van der Waals surface area contributed by atoms with Gasteiger partial charge in [0, 0.05) is 22.3 Å². The maximum absolute atomic E-state index is 13.0. The second-order valence-electron chi connectivity index (χ2n) is 4.56. The van der Waals surface area contributed by atoms with E-state index < -0.39 is 28.4 Å². The molecule has 1 nitrogen and oxygen atoms in total. The Kier molecular flexibility index (Phi) is 4.77. The summed E-state index contributed by atoms with van der Waals surface area (Å²) < 4.78 is 62.7. The van der Waals surface area contributed by atoms with Gasteiger partial charge in [0.2, 0.25) is 0 Å². The van der Waals surface area contributed by atoms with Crippen LogP contribution in [0.15, 0.2) is 48.5 Å². The molecule has 6 heteroatoms. The number of hydrogen-bond donors (Lipinski definition) is 0. The Morgan fingerprint density at radius 3 is 2.05 bits per heavy atom. The zero-order valence-corrected chi connectivity index (χ0v) is 11.7. The van der Waals surface area contributed by atoms with Crippen molar-refractivity contribution >= 4 is 10.8 Å². The van der Waals surface area contributed by atoms with Gasteiger partial charge in [0.1, 0.15) is 5.82 Å². The summed E-state index contributed by atoms with van der Waals surface area (Å²) in [6, 6.07) is 10.4. The molecule has 112 valence electrons. The van der Waals surface area contributed by atoms with Crippen molar-refractivity contribution in [2.45, 2.75) is 17.7 Å². The SMILES string of the molecule is O=S(Cc1cccc(F)c1)Cc1cccc(C(F)(F)F)c1. The first-order valence-electron chi connectivity index (χ1n) is 6.10. The van der Waals surface area contributed by atoms with Gasteiger partial charge in [-0.1, -0.05) is 30.3 Å². The van der Waals surface area contributed by atoms with Gasteiger partial charge in [0.05, 0.1) is 5.56 Å². The van der Waals surface area contributed by atoms with Crippen molar-refractivity contribution in [2.24, 2.45) is 0 Å². The van der Waals surface area contributed by atoms with E-state index >= 15 is 0 Å². The van der Waals surface area contributed by atoms with E-state index in [2.05, 4.69) is 0 Å². The molecule has 21 heavy (non-hydrogen) atoms. The fourth-order valence-corrected chi connectivity index (χ4v) is 3.09. The molecule has 0 spiro atoms. The minimum atomic E-state index is -4.42. The lowest BCUT2D eigenvalue weighted by molar-refractivity contribution is -0.137. The largest absolute Gasteiger partial charge is 0.416 e. The van der Waals surface area contributed by atoms with E-state index in [4.69, 9.17) is 0 Å². The van der Waals surface area contributed by atoms with Gasteiger partial charge in [0.15, 0.2) is 0 Å². The molecule has 0 radical (unpaired) electrons. The third-order valence-corrected chi connectivity index (χ3v) is 4.11.